The molecule has 0 aliphatic carbocycles. The minimum atomic E-state index is 0.994. The topological polar surface area (TPSA) is 12.8 Å². The van der Waals surface area contributed by atoms with Gasteiger partial charge in [0.2, 0.25) is 0 Å². The van der Waals surface area contributed by atoms with E-state index in [4.69, 9.17) is 0 Å². The van der Waals surface area contributed by atoms with Gasteiger partial charge in [-0.05, 0) is 12.1 Å². The molecule has 1 nitrogen and oxygen atoms in total. The molecule has 0 heterocycles. The smallest absolute Gasteiger partial charge is 0.260 e. The zero-order valence-corrected chi connectivity index (χ0v) is 11.9. The van der Waals surface area contributed by atoms with Crippen LogP contribution >= 0.6 is 12.6 Å². The van der Waals surface area contributed by atoms with Gasteiger partial charge in [0.05, 0.1) is 0 Å². The summed E-state index contributed by atoms with van der Waals surface area (Å²) in [5, 5.41) is 0. The zero-order chi connectivity index (χ0) is 14.0. The fourth-order valence-electron chi connectivity index (χ4n) is 1.58. The van der Waals surface area contributed by atoms with Crippen LogP contribution in [0.2, 0.25) is 0 Å². The van der Waals surface area contributed by atoms with Gasteiger partial charge in [-0.2, -0.15) is 0 Å². The maximum absolute atomic E-state index is 4.44. The summed E-state index contributed by atoms with van der Waals surface area (Å²) in [5.41, 5.74) is 0. The molecule has 0 fully saturated rings. The fraction of sp³-hybridized carbons (Fsp3) is 0. The van der Waals surface area contributed by atoms with Crippen molar-refractivity contribution in [3.63, 3.8) is 0 Å². The van der Waals surface area contributed by atoms with Gasteiger partial charge < -0.3 is 4.74 Å². The minimum Gasteiger partial charge on any atom is -0.546 e. The number of ether oxygens (including phenoxy) is 1. The van der Waals surface area contributed by atoms with E-state index in [2.05, 4.69) is 17.4 Å². The van der Waals surface area contributed by atoms with Crippen molar-refractivity contribution < 1.29 is 4.74 Å². The van der Waals surface area contributed by atoms with E-state index in [0.717, 1.165) is 16.4 Å². The summed E-state index contributed by atoms with van der Waals surface area (Å²) < 4.78 is 4.44. The molecule has 0 aromatic heterocycles. The van der Waals surface area contributed by atoms with Crippen LogP contribution in [0, 0.1) is 0 Å². The molecule has 0 amide bonds. The van der Waals surface area contributed by atoms with Crippen molar-refractivity contribution in [3.8, 4) is 11.5 Å². The van der Waals surface area contributed by atoms with E-state index in [1.807, 2.05) is 91.0 Å². The Kier molecular flexibility index (Phi) is 5.74. The Labute approximate surface area is 125 Å². The van der Waals surface area contributed by atoms with Crippen LogP contribution in [0.1, 0.15) is 0 Å². The van der Waals surface area contributed by atoms with Gasteiger partial charge in [-0.25, -0.2) is 0 Å². The number of benzene rings is 3. The lowest BCUT2D eigenvalue weighted by molar-refractivity contribution is 0.199. The second kappa shape index (κ2) is 8.08. The van der Waals surface area contributed by atoms with Gasteiger partial charge in [-0.3, -0.25) is 0 Å². The summed E-state index contributed by atoms with van der Waals surface area (Å²) in [6.45, 7) is 0. The zero-order valence-electron chi connectivity index (χ0n) is 11.1. The van der Waals surface area contributed by atoms with E-state index < -0.39 is 0 Å². The first-order valence-corrected chi connectivity index (χ1v) is 6.85. The van der Waals surface area contributed by atoms with Gasteiger partial charge in [0, 0.05) is 29.2 Å². The highest BCUT2D eigenvalue weighted by Gasteiger charge is 1.98. The molecule has 1 N–H and O–H groups in total. The molecule has 0 bridgehead atoms. The van der Waals surface area contributed by atoms with Crippen molar-refractivity contribution >= 4 is 12.6 Å². The number of aromatic hydroxyl groups is 2. The summed E-state index contributed by atoms with van der Waals surface area (Å²) in [4.78, 5) is 1.02. The summed E-state index contributed by atoms with van der Waals surface area (Å²) in [6, 6.07) is 29.7. The highest BCUT2D eigenvalue weighted by molar-refractivity contribution is 7.80. The van der Waals surface area contributed by atoms with Crippen LogP contribution < -0.4 is 0 Å². The molecule has 20 heavy (non-hydrogen) atoms. The molecule has 3 rings (SSSR count). The second-order valence-electron chi connectivity index (χ2n) is 4.12. The number of hydrogen-bond acceptors (Lipinski definition) is 1. The molecule has 3 aromatic rings. The predicted molar refractivity (Wildman–Crippen MR) is 87.7 cm³/mol. The number of thiol groups is 1. The van der Waals surface area contributed by atoms with Crippen LogP contribution in [-0.2, 0) is 0 Å². The third-order valence-electron chi connectivity index (χ3n) is 2.53. The van der Waals surface area contributed by atoms with E-state index in [0.29, 0.717) is 0 Å². The number of para-hydroxylation sites is 2. The molecule has 0 saturated heterocycles. The van der Waals surface area contributed by atoms with E-state index in [1.54, 1.807) is 0 Å². The van der Waals surface area contributed by atoms with Crippen molar-refractivity contribution in [3.05, 3.63) is 91.0 Å². The summed E-state index contributed by atoms with van der Waals surface area (Å²) in [7, 11) is 0. The normalized spacial score (nSPS) is 9.25. The lowest BCUT2D eigenvalue weighted by atomic mass is 10.3. The van der Waals surface area contributed by atoms with E-state index in [9.17, 15) is 0 Å². The van der Waals surface area contributed by atoms with Gasteiger partial charge in [0.25, 0.3) is 11.5 Å². The van der Waals surface area contributed by atoms with Crippen LogP contribution in [0.5, 0.6) is 11.5 Å². The van der Waals surface area contributed by atoms with Gasteiger partial charge in [0.1, 0.15) is 0 Å². The molecule has 3 aromatic carbocycles. The van der Waals surface area contributed by atoms with Crippen LogP contribution in [0.4, 0.5) is 0 Å². The summed E-state index contributed by atoms with van der Waals surface area (Å²) in [5.74, 6) is 1.99. The lowest BCUT2D eigenvalue weighted by Crippen LogP contribution is -1.77. The van der Waals surface area contributed by atoms with Crippen LogP contribution in [0.25, 0.3) is 0 Å². The van der Waals surface area contributed by atoms with Crippen LogP contribution in [0.3, 0.4) is 0 Å². The Hall–Kier alpha value is -2.19. The van der Waals surface area contributed by atoms with Crippen molar-refractivity contribution in [2.24, 2.45) is 0 Å². The average Bonchev–Trinajstić information content (AvgIpc) is 2.51. The summed E-state index contributed by atoms with van der Waals surface area (Å²) in [6.07, 6.45) is 0. The Morgan fingerprint density at radius 3 is 1.15 bits per heavy atom. The molecule has 100 valence electrons. The molecule has 0 saturated carbocycles. The third-order valence-corrected chi connectivity index (χ3v) is 2.82. The first-order chi connectivity index (χ1) is 9.84. The molecule has 0 atom stereocenters. The Balaban J connectivity index is 0.000000178. The summed E-state index contributed by atoms with van der Waals surface area (Å²) >= 11 is 4.08. The average molecular weight is 281 g/mol. The maximum Gasteiger partial charge on any atom is 0.260 e. The number of rotatable bonds is 2. The third kappa shape index (κ3) is 5.21. The van der Waals surface area contributed by atoms with Gasteiger partial charge in [-0.15, -0.1) is 12.6 Å². The SMILES string of the molecule is Sc1ccccc1.c1ccc([OH+]c2ccccc2)cc1. The maximum atomic E-state index is 4.44. The minimum absolute atomic E-state index is 0.994. The van der Waals surface area contributed by atoms with E-state index in [1.165, 1.54) is 0 Å². The van der Waals surface area contributed by atoms with Gasteiger partial charge in [0.15, 0.2) is 0 Å². The van der Waals surface area contributed by atoms with Crippen molar-refractivity contribution in [2.45, 2.75) is 4.90 Å². The molecular formula is C18H17OS+. The van der Waals surface area contributed by atoms with Crippen LogP contribution in [0.15, 0.2) is 95.9 Å². The first kappa shape index (κ1) is 14.2. The van der Waals surface area contributed by atoms with Crippen molar-refractivity contribution in [2.75, 3.05) is 0 Å². The van der Waals surface area contributed by atoms with Crippen LogP contribution in [-0.4, -0.2) is 4.74 Å². The lowest BCUT2D eigenvalue weighted by Gasteiger charge is -2.00. The molecule has 2 heteroatoms. The Morgan fingerprint density at radius 1 is 0.500 bits per heavy atom. The largest absolute Gasteiger partial charge is 0.546 e. The standard InChI is InChI=1S/C12H10O.C6H6S/c1-3-7-11(8-4-1)13-12-9-5-2-6-10-12;7-6-4-2-1-3-5-6/h1-10H;1-5,7H/p+1. The molecule has 0 aliphatic heterocycles. The number of hydrogen-bond donors (Lipinski definition) is 1. The Morgan fingerprint density at radius 2 is 0.850 bits per heavy atom. The predicted octanol–water partition coefficient (Wildman–Crippen LogP) is 5.32. The van der Waals surface area contributed by atoms with Gasteiger partial charge >= 0.3 is 0 Å². The van der Waals surface area contributed by atoms with E-state index in [-0.39, 0.29) is 0 Å². The second-order valence-corrected chi connectivity index (χ2v) is 4.63. The highest BCUT2D eigenvalue weighted by atomic mass is 32.1. The Bertz CT molecular complexity index is 557. The molecule has 0 radical (unpaired) electrons. The molecular weight excluding hydrogens is 264 g/mol. The molecule has 0 unspecified atom stereocenters. The monoisotopic (exact) mass is 281 g/mol. The van der Waals surface area contributed by atoms with Gasteiger partial charge in [-0.1, -0.05) is 54.6 Å². The van der Waals surface area contributed by atoms with Crippen molar-refractivity contribution in [1.29, 1.82) is 0 Å². The first-order valence-electron chi connectivity index (χ1n) is 6.40. The highest BCUT2D eigenvalue weighted by Crippen LogP contribution is 2.21. The fourth-order valence-corrected chi connectivity index (χ4v) is 1.75. The van der Waals surface area contributed by atoms with E-state index >= 15 is 0 Å². The molecule has 0 spiro atoms. The molecule has 0 aliphatic rings. The van der Waals surface area contributed by atoms with Crippen molar-refractivity contribution in [1.82, 2.24) is 0 Å². The quantitative estimate of drug-likeness (QED) is 0.482.